The number of ketones is 1. The van der Waals surface area contributed by atoms with E-state index in [4.69, 9.17) is 0 Å². The van der Waals surface area contributed by atoms with Crippen molar-refractivity contribution < 1.29 is 9.59 Å². The second-order valence-electron chi connectivity index (χ2n) is 5.51. The van der Waals surface area contributed by atoms with Crippen molar-refractivity contribution in [1.29, 1.82) is 0 Å². The van der Waals surface area contributed by atoms with Gasteiger partial charge in [-0.2, -0.15) is 0 Å². The molecule has 1 N–H and O–H groups in total. The SMILES string of the molecule is CSc1nc(C)c(CCC(=O)Nc2ccccc2C(C)=O)c(C)n1. The Labute approximate surface area is 146 Å². The standard InChI is InChI=1S/C18H21N3O2S/c1-11-14(12(2)20-18(19-11)24-4)9-10-17(23)21-16-8-6-5-7-15(16)13(3)22/h5-8H,9-10H2,1-4H3,(H,21,23). The Hall–Kier alpha value is -2.21. The van der Waals surface area contributed by atoms with E-state index in [0.717, 1.165) is 22.1 Å². The lowest BCUT2D eigenvalue weighted by Gasteiger charge is -2.11. The fourth-order valence-electron chi connectivity index (χ4n) is 2.51. The highest BCUT2D eigenvalue weighted by molar-refractivity contribution is 7.98. The molecule has 5 nitrogen and oxygen atoms in total. The van der Waals surface area contributed by atoms with Crippen molar-refractivity contribution in [3.63, 3.8) is 0 Å². The zero-order valence-corrected chi connectivity index (χ0v) is 15.2. The van der Waals surface area contributed by atoms with E-state index in [9.17, 15) is 9.59 Å². The summed E-state index contributed by atoms with van der Waals surface area (Å²) in [6, 6.07) is 7.03. The lowest BCUT2D eigenvalue weighted by atomic mass is 10.1. The Morgan fingerprint density at radius 2 is 1.75 bits per heavy atom. The molecule has 1 heterocycles. The number of aromatic nitrogens is 2. The number of anilines is 1. The summed E-state index contributed by atoms with van der Waals surface area (Å²) in [5.41, 5.74) is 3.89. The van der Waals surface area contributed by atoms with E-state index in [1.165, 1.54) is 18.7 Å². The van der Waals surface area contributed by atoms with E-state index in [0.29, 0.717) is 24.1 Å². The minimum Gasteiger partial charge on any atom is -0.325 e. The van der Waals surface area contributed by atoms with Gasteiger partial charge in [0.1, 0.15) is 0 Å². The van der Waals surface area contributed by atoms with Crippen LogP contribution in [0.2, 0.25) is 0 Å². The third-order valence-electron chi connectivity index (χ3n) is 3.77. The van der Waals surface area contributed by atoms with Crippen molar-refractivity contribution in [1.82, 2.24) is 9.97 Å². The topological polar surface area (TPSA) is 72.0 Å². The molecule has 0 saturated carbocycles. The monoisotopic (exact) mass is 343 g/mol. The summed E-state index contributed by atoms with van der Waals surface area (Å²) in [6.07, 6.45) is 2.82. The zero-order chi connectivity index (χ0) is 17.7. The van der Waals surface area contributed by atoms with Crippen molar-refractivity contribution in [3.8, 4) is 0 Å². The molecule has 0 unspecified atom stereocenters. The third-order valence-corrected chi connectivity index (χ3v) is 4.31. The van der Waals surface area contributed by atoms with Crippen LogP contribution in [0.4, 0.5) is 5.69 Å². The van der Waals surface area contributed by atoms with Crippen LogP contribution in [0.5, 0.6) is 0 Å². The normalized spacial score (nSPS) is 10.5. The van der Waals surface area contributed by atoms with Gasteiger partial charge in [-0.15, -0.1) is 0 Å². The minimum atomic E-state index is -0.128. The maximum Gasteiger partial charge on any atom is 0.224 e. The minimum absolute atomic E-state index is 0.0707. The fourth-order valence-corrected chi connectivity index (χ4v) is 2.97. The van der Waals surface area contributed by atoms with Crippen LogP contribution in [0.1, 0.15) is 40.7 Å². The number of para-hydroxylation sites is 1. The van der Waals surface area contributed by atoms with Crippen molar-refractivity contribution in [2.75, 3.05) is 11.6 Å². The van der Waals surface area contributed by atoms with Crippen LogP contribution >= 0.6 is 11.8 Å². The molecule has 1 amide bonds. The maximum atomic E-state index is 12.2. The van der Waals surface area contributed by atoms with Crippen molar-refractivity contribution >= 4 is 29.1 Å². The molecule has 24 heavy (non-hydrogen) atoms. The highest BCUT2D eigenvalue weighted by atomic mass is 32.2. The van der Waals surface area contributed by atoms with Crippen molar-refractivity contribution in [2.45, 2.75) is 38.8 Å². The lowest BCUT2D eigenvalue weighted by Crippen LogP contribution is -2.15. The lowest BCUT2D eigenvalue weighted by molar-refractivity contribution is -0.116. The van der Waals surface area contributed by atoms with Gasteiger partial charge in [-0.25, -0.2) is 9.97 Å². The Morgan fingerprint density at radius 3 is 2.33 bits per heavy atom. The first kappa shape index (κ1) is 18.1. The molecular formula is C18H21N3O2S. The fraction of sp³-hybridized carbons (Fsp3) is 0.333. The summed E-state index contributed by atoms with van der Waals surface area (Å²) in [5, 5.41) is 3.56. The molecule has 0 radical (unpaired) electrons. The van der Waals surface area contributed by atoms with Gasteiger partial charge in [0.25, 0.3) is 0 Å². The van der Waals surface area contributed by atoms with E-state index in [1.807, 2.05) is 20.1 Å². The Balaban J connectivity index is 2.06. The molecular weight excluding hydrogens is 322 g/mol. The number of amides is 1. The first-order valence-electron chi connectivity index (χ1n) is 7.70. The zero-order valence-electron chi connectivity index (χ0n) is 14.3. The molecule has 0 aliphatic rings. The predicted octanol–water partition coefficient (Wildman–Crippen LogP) is 3.59. The summed E-state index contributed by atoms with van der Waals surface area (Å²) >= 11 is 1.50. The smallest absolute Gasteiger partial charge is 0.224 e. The van der Waals surface area contributed by atoms with Crippen LogP contribution in [-0.2, 0) is 11.2 Å². The Morgan fingerprint density at radius 1 is 1.12 bits per heavy atom. The van der Waals surface area contributed by atoms with Crippen molar-refractivity contribution in [3.05, 3.63) is 46.8 Å². The molecule has 0 spiro atoms. The Bertz CT molecular complexity index is 752. The second kappa shape index (κ2) is 8.06. The molecule has 6 heteroatoms. The van der Waals surface area contributed by atoms with Gasteiger partial charge < -0.3 is 5.32 Å². The van der Waals surface area contributed by atoms with Crippen LogP contribution in [0.3, 0.4) is 0 Å². The molecule has 0 saturated heterocycles. The van der Waals surface area contributed by atoms with E-state index in [2.05, 4.69) is 15.3 Å². The first-order valence-corrected chi connectivity index (χ1v) is 8.92. The van der Waals surface area contributed by atoms with Crippen LogP contribution < -0.4 is 5.32 Å². The van der Waals surface area contributed by atoms with Gasteiger partial charge in [-0.3, -0.25) is 9.59 Å². The number of carbonyl (C=O) groups excluding carboxylic acids is 2. The predicted molar refractivity (Wildman–Crippen MR) is 96.7 cm³/mol. The van der Waals surface area contributed by atoms with Crippen molar-refractivity contribution in [2.24, 2.45) is 0 Å². The highest BCUT2D eigenvalue weighted by Crippen LogP contribution is 2.19. The summed E-state index contributed by atoms with van der Waals surface area (Å²) in [4.78, 5) is 32.7. The molecule has 1 aromatic heterocycles. The Kier molecular flexibility index (Phi) is 6.09. The number of nitrogens with one attached hydrogen (secondary N) is 1. The summed E-state index contributed by atoms with van der Waals surface area (Å²) in [5.74, 6) is -0.199. The number of hydrogen-bond donors (Lipinski definition) is 1. The summed E-state index contributed by atoms with van der Waals surface area (Å²) < 4.78 is 0. The number of thioether (sulfide) groups is 1. The molecule has 2 rings (SSSR count). The first-order chi connectivity index (χ1) is 11.4. The van der Waals surface area contributed by atoms with E-state index in [1.54, 1.807) is 24.3 Å². The van der Waals surface area contributed by atoms with E-state index < -0.39 is 0 Å². The largest absolute Gasteiger partial charge is 0.325 e. The van der Waals surface area contributed by atoms with Gasteiger partial charge in [0.2, 0.25) is 5.91 Å². The third kappa shape index (κ3) is 4.41. The molecule has 0 fully saturated rings. The van der Waals surface area contributed by atoms with Crippen LogP contribution in [0.25, 0.3) is 0 Å². The number of benzene rings is 1. The average Bonchev–Trinajstić information content (AvgIpc) is 2.54. The average molecular weight is 343 g/mol. The number of rotatable bonds is 6. The number of carbonyl (C=O) groups is 2. The van der Waals surface area contributed by atoms with Gasteiger partial charge in [-0.05, 0) is 51.1 Å². The second-order valence-corrected chi connectivity index (χ2v) is 6.28. The maximum absolute atomic E-state index is 12.2. The van der Waals surface area contributed by atoms with Crippen LogP contribution in [0, 0.1) is 13.8 Å². The molecule has 0 atom stereocenters. The molecule has 2 aromatic rings. The van der Waals surface area contributed by atoms with E-state index in [-0.39, 0.29) is 11.7 Å². The number of Topliss-reactive ketones (excluding diaryl/α,β-unsaturated/α-hetero) is 1. The van der Waals surface area contributed by atoms with Gasteiger partial charge in [0, 0.05) is 23.4 Å². The number of nitrogens with zero attached hydrogens (tertiary/aromatic N) is 2. The van der Waals surface area contributed by atoms with Gasteiger partial charge >= 0.3 is 0 Å². The van der Waals surface area contributed by atoms with Crippen LogP contribution in [0.15, 0.2) is 29.4 Å². The molecule has 1 aromatic carbocycles. The van der Waals surface area contributed by atoms with Gasteiger partial charge in [0.15, 0.2) is 10.9 Å². The number of aryl methyl sites for hydroxylation is 2. The highest BCUT2D eigenvalue weighted by Gasteiger charge is 2.13. The summed E-state index contributed by atoms with van der Waals surface area (Å²) in [7, 11) is 0. The molecule has 0 bridgehead atoms. The quantitative estimate of drug-likeness (QED) is 0.493. The van der Waals surface area contributed by atoms with E-state index >= 15 is 0 Å². The summed E-state index contributed by atoms with van der Waals surface area (Å²) in [6.45, 7) is 5.36. The van der Waals surface area contributed by atoms with Gasteiger partial charge in [0.05, 0.1) is 5.69 Å². The molecule has 0 aliphatic carbocycles. The number of hydrogen-bond acceptors (Lipinski definition) is 5. The van der Waals surface area contributed by atoms with Gasteiger partial charge in [-0.1, -0.05) is 23.9 Å². The van der Waals surface area contributed by atoms with Crippen LogP contribution in [-0.4, -0.2) is 27.9 Å². The molecule has 126 valence electrons. The molecule has 0 aliphatic heterocycles.